The summed E-state index contributed by atoms with van der Waals surface area (Å²) in [6.07, 6.45) is 4.53. The largest absolute Gasteiger partial charge is 0.493 e. The molecule has 0 aliphatic carbocycles. The molecule has 47 heavy (non-hydrogen) atoms. The van der Waals surface area contributed by atoms with E-state index in [0.29, 0.717) is 40.4 Å². The van der Waals surface area contributed by atoms with Gasteiger partial charge in [0.25, 0.3) is 11.5 Å². The molecule has 0 saturated heterocycles. The molecule has 5 aromatic rings. The van der Waals surface area contributed by atoms with Crippen molar-refractivity contribution in [3.63, 3.8) is 0 Å². The minimum atomic E-state index is -0.824. The van der Waals surface area contributed by atoms with Gasteiger partial charge >= 0.3 is 0 Å². The second-order valence-electron chi connectivity index (χ2n) is 10.0. The first-order valence-corrected chi connectivity index (χ1v) is 14.6. The molecule has 0 unspecified atom stereocenters. The van der Waals surface area contributed by atoms with Gasteiger partial charge in [0.1, 0.15) is 42.7 Å². The summed E-state index contributed by atoms with van der Waals surface area (Å²) in [6.45, 7) is 2.69. The predicted molar refractivity (Wildman–Crippen MR) is 170 cm³/mol. The van der Waals surface area contributed by atoms with Gasteiger partial charge < -0.3 is 29.0 Å². The Morgan fingerprint density at radius 2 is 1.77 bits per heavy atom. The van der Waals surface area contributed by atoms with Crippen molar-refractivity contribution < 1.29 is 37.3 Å². The van der Waals surface area contributed by atoms with Gasteiger partial charge in [-0.2, -0.15) is 0 Å². The van der Waals surface area contributed by atoms with Crippen LogP contribution in [-0.2, 0) is 0 Å². The average molecular weight is 643 g/mol. The Morgan fingerprint density at radius 3 is 2.51 bits per heavy atom. The number of halogens is 2. The van der Waals surface area contributed by atoms with E-state index < -0.39 is 23.1 Å². The van der Waals surface area contributed by atoms with Crippen molar-refractivity contribution in [3.8, 4) is 40.2 Å². The zero-order chi connectivity index (χ0) is 32.9. The highest BCUT2D eigenvalue weighted by Gasteiger charge is 2.25. The number of nitrogens with zero attached hydrogens (tertiary/aromatic N) is 3. The molecule has 0 radical (unpaired) electrons. The number of anilines is 1. The number of aliphatic imine (C=N–C) groups is 1. The Labute approximate surface area is 267 Å². The molecule has 240 valence electrons. The van der Waals surface area contributed by atoms with E-state index >= 15 is 4.39 Å². The summed E-state index contributed by atoms with van der Waals surface area (Å²) in [5.41, 5.74) is -0.132. The summed E-state index contributed by atoms with van der Waals surface area (Å²) in [4.78, 5) is 35.1. The molecule has 0 bridgehead atoms. The maximum absolute atomic E-state index is 15.5. The van der Waals surface area contributed by atoms with Gasteiger partial charge in [-0.15, -0.1) is 0 Å². The number of fused-ring (bicyclic) bond motifs is 3. The molecular formula is C34H28F2N4O7. The Balaban J connectivity index is 1.28. The Morgan fingerprint density at radius 1 is 0.979 bits per heavy atom. The van der Waals surface area contributed by atoms with E-state index in [4.69, 9.17) is 23.7 Å². The fraction of sp³-hybridized carbons (Fsp3) is 0.176. The Bertz CT molecular complexity index is 2050. The Hall–Kier alpha value is -5.98. The van der Waals surface area contributed by atoms with Gasteiger partial charge in [0.05, 0.1) is 17.5 Å². The van der Waals surface area contributed by atoms with E-state index in [1.54, 1.807) is 32.3 Å². The zero-order valence-electron chi connectivity index (χ0n) is 25.3. The second kappa shape index (κ2) is 13.6. The van der Waals surface area contributed by atoms with Crippen LogP contribution in [0.4, 0.5) is 14.5 Å². The van der Waals surface area contributed by atoms with Crippen LogP contribution in [0, 0.1) is 11.6 Å². The van der Waals surface area contributed by atoms with Crippen LogP contribution in [0.15, 0.2) is 82.8 Å². The second-order valence-corrected chi connectivity index (χ2v) is 10.0. The minimum absolute atomic E-state index is 0.0416. The number of ether oxygens (including phenoxy) is 5. The summed E-state index contributed by atoms with van der Waals surface area (Å²) in [6, 6.07) is 13.7. The van der Waals surface area contributed by atoms with Crippen molar-refractivity contribution in [2.24, 2.45) is 4.99 Å². The number of pyridine rings is 2. The SMILES string of the molecule is CCOc1ccn(-c2ccc(F)cc2)c(=O)c1C(=O)Nc1ccc(Oc2ccnc3cc(OC/C=N/C)c4c(c23)OCCO4)c(F)c1. The lowest BCUT2D eigenvalue weighted by atomic mass is 10.1. The van der Waals surface area contributed by atoms with Crippen LogP contribution in [0.5, 0.6) is 34.5 Å². The van der Waals surface area contributed by atoms with Crippen molar-refractivity contribution >= 4 is 28.7 Å². The molecule has 0 atom stereocenters. The number of hydrogen-bond donors (Lipinski definition) is 1. The van der Waals surface area contributed by atoms with Crippen LogP contribution in [0.2, 0.25) is 0 Å². The molecule has 6 rings (SSSR count). The third-order valence-electron chi connectivity index (χ3n) is 7.03. The summed E-state index contributed by atoms with van der Waals surface area (Å²) in [5.74, 6) is -0.807. The highest BCUT2D eigenvalue weighted by Crippen LogP contribution is 2.48. The third kappa shape index (κ3) is 6.41. The zero-order valence-corrected chi connectivity index (χ0v) is 25.3. The number of carbonyl (C=O) groups is 1. The van der Waals surface area contributed by atoms with E-state index in [9.17, 15) is 14.0 Å². The van der Waals surface area contributed by atoms with Crippen molar-refractivity contribution in [1.82, 2.24) is 9.55 Å². The van der Waals surface area contributed by atoms with Crippen LogP contribution in [0.1, 0.15) is 17.3 Å². The number of benzene rings is 3. The quantitative estimate of drug-likeness (QED) is 0.185. The van der Waals surface area contributed by atoms with Crippen LogP contribution in [0.25, 0.3) is 16.6 Å². The molecule has 3 aromatic carbocycles. The third-order valence-corrected chi connectivity index (χ3v) is 7.03. The smallest absolute Gasteiger partial charge is 0.271 e. The van der Waals surface area contributed by atoms with Crippen LogP contribution >= 0.6 is 0 Å². The average Bonchev–Trinajstić information content (AvgIpc) is 3.07. The summed E-state index contributed by atoms with van der Waals surface area (Å²) in [5, 5.41) is 3.02. The monoisotopic (exact) mass is 642 g/mol. The van der Waals surface area contributed by atoms with Crippen LogP contribution < -0.4 is 34.6 Å². The molecule has 11 nitrogen and oxygen atoms in total. The molecule has 1 aliphatic heterocycles. The molecule has 0 saturated carbocycles. The standard InChI is InChI=1S/C34H28F2N4O7/c1-3-43-26-11-14-40(22-7-4-20(35)5-8-22)34(42)30(26)33(41)39-21-6-9-25(23(36)18-21)47-27-10-12-38-24-19-28(44-15-13-37-2)31-32(29(24)27)46-17-16-45-31/h4-14,18-19H,3,15-17H2,1-2H3,(H,39,41)/b37-13+. The van der Waals surface area contributed by atoms with Crippen LogP contribution in [-0.4, -0.2) is 55.1 Å². The lowest BCUT2D eigenvalue weighted by Gasteiger charge is -2.23. The van der Waals surface area contributed by atoms with Gasteiger partial charge in [-0.1, -0.05) is 0 Å². The fourth-order valence-corrected chi connectivity index (χ4v) is 4.95. The summed E-state index contributed by atoms with van der Waals surface area (Å²) in [7, 11) is 1.64. The van der Waals surface area contributed by atoms with Gasteiger partial charge in [-0.3, -0.25) is 24.1 Å². The van der Waals surface area contributed by atoms with E-state index in [1.807, 2.05) is 0 Å². The van der Waals surface area contributed by atoms with Crippen molar-refractivity contribution in [2.45, 2.75) is 6.92 Å². The van der Waals surface area contributed by atoms with Crippen LogP contribution in [0.3, 0.4) is 0 Å². The highest BCUT2D eigenvalue weighted by molar-refractivity contribution is 6.06. The first-order chi connectivity index (χ1) is 22.9. The normalized spacial score (nSPS) is 12.3. The molecule has 1 aliphatic rings. The number of hydrogen-bond acceptors (Lipinski definition) is 9. The number of amides is 1. The first-order valence-electron chi connectivity index (χ1n) is 14.6. The number of rotatable bonds is 10. The van der Waals surface area contributed by atoms with E-state index in [1.165, 1.54) is 59.4 Å². The molecule has 0 fully saturated rings. The van der Waals surface area contributed by atoms with Crippen molar-refractivity contribution in [3.05, 3.63) is 101 Å². The van der Waals surface area contributed by atoms with Gasteiger partial charge in [-0.05, 0) is 55.5 Å². The lowest BCUT2D eigenvalue weighted by Crippen LogP contribution is -2.29. The maximum Gasteiger partial charge on any atom is 0.271 e. The van der Waals surface area contributed by atoms with Gasteiger partial charge in [0.2, 0.25) is 5.75 Å². The molecular weight excluding hydrogens is 614 g/mol. The molecule has 3 heterocycles. The minimum Gasteiger partial charge on any atom is -0.493 e. The highest BCUT2D eigenvalue weighted by atomic mass is 19.1. The van der Waals surface area contributed by atoms with Gasteiger partial charge in [-0.25, -0.2) is 8.78 Å². The van der Waals surface area contributed by atoms with Crippen molar-refractivity contribution in [2.75, 3.05) is 38.8 Å². The molecule has 13 heteroatoms. The van der Waals surface area contributed by atoms with E-state index in [2.05, 4.69) is 15.3 Å². The van der Waals surface area contributed by atoms with E-state index in [0.717, 1.165) is 6.07 Å². The predicted octanol–water partition coefficient (Wildman–Crippen LogP) is 5.96. The Kier molecular flexibility index (Phi) is 8.95. The molecule has 1 N–H and O–H groups in total. The van der Waals surface area contributed by atoms with Gasteiger partial charge in [0.15, 0.2) is 23.1 Å². The number of aromatic nitrogens is 2. The number of carbonyl (C=O) groups excluding carboxylic acids is 1. The first kappa shape index (κ1) is 31.0. The summed E-state index contributed by atoms with van der Waals surface area (Å²) >= 11 is 0. The van der Waals surface area contributed by atoms with Gasteiger partial charge in [0, 0.05) is 49.2 Å². The van der Waals surface area contributed by atoms with E-state index in [-0.39, 0.29) is 48.3 Å². The summed E-state index contributed by atoms with van der Waals surface area (Å²) < 4.78 is 59.2. The van der Waals surface area contributed by atoms with Crippen molar-refractivity contribution in [1.29, 1.82) is 0 Å². The fourth-order valence-electron chi connectivity index (χ4n) is 4.95. The maximum atomic E-state index is 15.5. The molecule has 0 spiro atoms. The topological polar surface area (TPSA) is 123 Å². The lowest BCUT2D eigenvalue weighted by molar-refractivity contribution is 0.102. The number of nitrogens with one attached hydrogen (secondary N) is 1. The molecule has 2 aromatic heterocycles. The molecule has 1 amide bonds.